The Labute approximate surface area is 234 Å². The maximum absolute atomic E-state index is 6.58. The number of benzene rings is 3. The third-order valence-electron chi connectivity index (χ3n) is 7.39. The second-order valence-electron chi connectivity index (χ2n) is 13.1. The molecule has 0 atom stereocenters. The number of rotatable bonds is 3. The smallest absolute Gasteiger partial charge is 0.144 e. The zero-order valence-corrected chi connectivity index (χ0v) is 25.0. The van der Waals surface area contributed by atoms with Crippen molar-refractivity contribution in [1.29, 1.82) is 0 Å². The maximum atomic E-state index is 6.58. The Morgan fingerprint density at radius 2 is 1.56 bits per heavy atom. The molecule has 3 aromatic carbocycles. The van der Waals surface area contributed by atoms with Gasteiger partial charge in [-0.25, -0.2) is 4.98 Å². The van der Waals surface area contributed by atoms with E-state index < -0.39 is 0 Å². The first-order chi connectivity index (χ1) is 18.4. The first kappa shape index (κ1) is 25.8. The largest absolute Gasteiger partial charge is 0.455 e. The molecule has 0 aliphatic rings. The van der Waals surface area contributed by atoms with Gasteiger partial charge in [0.1, 0.15) is 11.2 Å². The minimum atomic E-state index is 0.00350. The van der Waals surface area contributed by atoms with Gasteiger partial charge in [-0.05, 0) is 77.8 Å². The van der Waals surface area contributed by atoms with E-state index in [0.29, 0.717) is 0 Å². The van der Waals surface area contributed by atoms with Gasteiger partial charge >= 0.3 is 0 Å². The van der Waals surface area contributed by atoms with E-state index in [1.165, 1.54) is 32.5 Å². The zero-order chi connectivity index (χ0) is 27.7. The molecule has 39 heavy (non-hydrogen) atoms. The minimum Gasteiger partial charge on any atom is -0.455 e. The van der Waals surface area contributed by atoms with Crippen molar-refractivity contribution >= 4 is 43.5 Å². The third-order valence-corrected chi connectivity index (χ3v) is 8.91. The van der Waals surface area contributed by atoms with E-state index in [0.717, 1.165) is 50.1 Å². The Balaban J connectivity index is 1.60. The van der Waals surface area contributed by atoms with Crippen LogP contribution < -0.4 is 0 Å². The molecular weight excluding hydrogens is 496 g/mol. The lowest BCUT2D eigenvalue weighted by Gasteiger charge is -2.22. The maximum Gasteiger partial charge on any atom is 0.144 e. The van der Waals surface area contributed by atoms with Gasteiger partial charge in [-0.3, -0.25) is 4.98 Å². The van der Waals surface area contributed by atoms with E-state index in [9.17, 15) is 0 Å². The number of thiazole rings is 1. The van der Waals surface area contributed by atoms with Crippen molar-refractivity contribution in [3.8, 4) is 22.4 Å². The van der Waals surface area contributed by atoms with E-state index in [1.54, 1.807) is 11.3 Å². The standard InChI is InChI=1S/C35H36N2OS/c1-20-11-9-12-21(2)29(20)25-17-27(36-19-22(25)18-34(3,4)5)23-13-10-14-24-30-28(38-31(23)24)16-15-26-32(30)39-33(37-26)35(6,7)8/h9-17,19H,18H2,1-8H3. The number of aromatic nitrogens is 2. The highest BCUT2D eigenvalue weighted by Crippen LogP contribution is 2.43. The lowest BCUT2D eigenvalue weighted by molar-refractivity contribution is 0.411. The monoisotopic (exact) mass is 532 g/mol. The number of pyridine rings is 1. The van der Waals surface area contributed by atoms with Crippen molar-refractivity contribution in [3.63, 3.8) is 0 Å². The fourth-order valence-corrected chi connectivity index (χ4v) is 6.78. The van der Waals surface area contributed by atoms with Gasteiger partial charge in [-0.1, -0.05) is 71.9 Å². The fraction of sp³-hybridized carbons (Fsp3) is 0.314. The Bertz CT molecular complexity index is 1860. The summed E-state index contributed by atoms with van der Waals surface area (Å²) < 4.78 is 7.78. The van der Waals surface area contributed by atoms with Crippen LogP contribution in [0.3, 0.4) is 0 Å². The van der Waals surface area contributed by atoms with Gasteiger partial charge in [0.2, 0.25) is 0 Å². The molecule has 6 aromatic rings. The molecule has 0 aliphatic heterocycles. The Morgan fingerprint density at radius 3 is 2.26 bits per heavy atom. The average molecular weight is 533 g/mol. The van der Waals surface area contributed by atoms with Crippen LogP contribution in [-0.2, 0) is 11.8 Å². The van der Waals surface area contributed by atoms with Crippen LogP contribution in [-0.4, -0.2) is 9.97 Å². The molecule has 0 spiro atoms. The molecule has 0 N–H and O–H groups in total. The van der Waals surface area contributed by atoms with E-state index in [2.05, 4.69) is 116 Å². The molecule has 0 bridgehead atoms. The van der Waals surface area contributed by atoms with Gasteiger partial charge in [-0.2, -0.15) is 0 Å². The van der Waals surface area contributed by atoms with Crippen molar-refractivity contribution in [2.75, 3.05) is 0 Å². The summed E-state index contributed by atoms with van der Waals surface area (Å²) in [6, 6.07) is 19.4. The number of hydrogen-bond donors (Lipinski definition) is 0. The molecule has 3 heterocycles. The highest BCUT2D eigenvalue weighted by atomic mass is 32.1. The van der Waals surface area contributed by atoms with Gasteiger partial charge in [0, 0.05) is 27.9 Å². The van der Waals surface area contributed by atoms with Gasteiger partial charge in [0.25, 0.3) is 0 Å². The topological polar surface area (TPSA) is 38.9 Å². The summed E-state index contributed by atoms with van der Waals surface area (Å²) in [4.78, 5) is 9.99. The predicted octanol–water partition coefficient (Wildman–Crippen LogP) is 10.4. The molecule has 4 heteroatoms. The number of fused-ring (bicyclic) bond motifs is 5. The number of hydrogen-bond acceptors (Lipinski definition) is 4. The van der Waals surface area contributed by atoms with Crippen molar-refractivity contribution in [2.45, 2.75) is 67.2 Å². The van der Waals surface area contributed by atoms with Gasteiger partial charge < -0.3 is 4.42 Å². The molecule has 0 aliphatic carbocycles. The van der Waals surface area contributed by atoms with E-state index >= 15 is 0 Å². The lowest BCUT2D eigenvalue weighted by atomic mass is 9.83. The molecule has 6 rings (SSSR count). The van der Waals surface area contributed by atoms with E-state index in [-0.39, 0.29) is 10.8 Å². The summed E-state index contributed by atoms with van der Waals surface area (Å²) in [6.45, 7) is 17.9. The molecule has 3 nitrogen and oxygen atoms in total. The number of aryl methyl sites for hydroxylation is 2. The molecule has 0 fully saturated rings. The van der Waals surface area contributed by atoms with Crippen LogP contribution >= 0.6 is 11.3 Å². The molecule has 0 saturated heterocycles. The second-order valence-corrected chi connectivity index (χ2v) is 14.1. The quantitative estimate of drug-likeness (QED) is 0.227. The van der Waals surface area contributed by atoms with Crippen LogP contribution in [0.25, 0.3) is 54.5 Å². The summed E-state index contributed by atoms with van der Waals surface area (Å²) in [5.74, 6) is 0. The van der Waals surface area contributed by atoms with Crippen molar-refractivity contribution in [1.82, 2.24) is 9.97 Å². The Kier molecular flexibility index (Phi) is 5.96. The average Bonchev–Trinajstić information content (AvgIpc) is 3.45. The van der Waals surface area contributed by atoms with Crippen molar-refractivity contribution in [3.05, 3.63) is 82.5 Å². The van der Waals surface area contributed by atoms with Crippen molar-refractivity contribution < 1.29 is 4.42 Å². The zero-order valence-electron chi connectivity index (χ0n) is 24.2. The first-order valence-electron chi connectivity index (χ1n) is 13.7. The van der Waals surface area contributed by atoms with Gasteiger partial charge in [0.05, 0.1) is 20.9 Å². The van der Waals surface area contributed by atoms with Crippen LogP contribution in [0.4, 0.5) is 0 Å². The van der Waals surface area contributed by atoms with Crippen molar-refractivity contribution in [2.24, 2.45) is 5.41 Å². The number of nitrogens with zero attached hydrogens (tertiary/aromatic N) is 2. The molecule has 0 saturated carbocycles. The lowest BCUT2D eigenvalue weighted by Crippen LogP contribution is -2.11. The van der Waals surface area contributed by atoms with Gasteiger partial charge in [0.15, 0.2) is 0 Å². The van der Waals surface area contributed by atoms with Crippen LogP contribution in [0.2, 0.25) is 0 Å². The number of para-hydroxylation sites is 1. The summed E-state index contributed by atoms with van der Waals surface area (Å²) in [5, 5.41) is 3.41. The van der Waals surface area contributed by atoms with Crippen LogP contribution in [0.15, 0.2) is 65.2 Å². The molecule has 0 radical (unpaired) electrons. The number of furan rings is 1. The molecule has 3 aromatic heterocycles. The molecular formula is C35H36N2OS. The molecule has 0 unspecified atom stereocenters. The van der Waals surface area contributed by atoms with E-state index in [4.69, 9.17) is 14.4 Å². The first-order valence-corrected chi connectivity index (χ1v) is 14.5. The van der Waals surface area contributed by atoms with Crippen LogP contribution in [0.1, 0.15) is 63.2 Å². The highest BCUT2D eigenvalue weighted by Gasteiger charge is 2.23. The summed E-state index contributed by atoms with van der Waals surface area (Å²) in [6.07, 6.45) is 3.04. The second kappa shape index (κ2) is 9.02. The minimum absolute atomic E-state index is 0.00350. The van der Waals surface area contributed by atoms with E-state index in [1.807, 2.05) is 0 Å². The Morgan fingerprint density at radius 1 is 0.846 bits per heavy atom. The predicted molar refractivity (Wildman–Crippen MR) is 167 cm³/mol. The molecule has 198 valence electrons. The fourth-order valence-electron chi connectivity index (χ4n) is 5.61. The van der Waals surface area contributed by atoms with Gasteiger partial charge in [-0.15, -0.1) is 11.3 Å². The normalized spacial score (nSPS) is 12.7. The van der Waals surface area contributed by atoms with Crippen LogP contribution in [0.5, 0.6) is 0 Å². The van der Waals surface area contributed by atoms with Crippen LogP contribution in [0, 0.1) is 19.3 Å². The summed E-state index contributed by atoms with van der Waals surface area (Å²) >= 11 is 1.78. The highest BCUT2D eigenvalue weighted by molar-refractivity contribution is 7.19. The summed E-state index contributed by atoms with van der Waals surface area (Å²) in [5.41, 5.74) is 11.3. The third kappa shape index (κ3) is 4.55. The SMILES string of the molecule is Cc1cccc(C)c1-c1cc(-c2cccc3c2oc2ccc4nc(C(C)(C)C)sc4c23)ncc1CC(C)(C)C. The summed E-state index contributed by atoms with van der Waals surface area (Å²) in [7, 11) is 0. The molecule has 0 amide bonds. The Hall–Kier alpha value is -3.50.